The summed E-state index contributed by atoms with van der Waals surface area (Å²) in [7, 11) is 1.90. The van der Waals surface area contributed by atoms with E-state index in [-0.39, 0.29) is 24.0 Å². The van der Waals surface area contributed by atoms with Crippen molar-refractivity contribution in [1.82, 2.24) is 15.1 Å². The molecule has 1 aromatic carbocycles. The van der Waals surface area contributed by atoms with Crippen molar-refractivity contribution in [1.29, 1.82) is 0 Å². The maximum Gasteiger partial charge on any atom is 0.416 e. The molecule has 0 aromatic heterocycles. The van der Waals surface area contributed by atoms with Crippen molar-refractivity contribution >= 4 is 29.9 Å². The van der Waals surface area contributed by atoms with Crippen LogP contribution in [0.15, 0.2) is 29.3 Å². The first-order valence-electron chi connectivity index (χ1n) is 9.86. The average Bonchev–Trinajstić information content (AvgIpc) is 2.67. The molecule has 0 aliphatic carbocycles. The molecule has 1 aliphatic rings. The number of hydrogen-bond acceptors (Lipinski definition) is 3. The zero-order valence-electron chi connectivity index (χ0n) is 17.2. The van der Waals surface area contributed by atoms with Crippen LogP contribution >= 0.6 is 24.0 Å². The molecule has 0 amide bonds. The summed E-state index contributed by atoms with van der Waals surface area (Å²) in [6.07, 6.45) is -2.21. The van der Waals surface area contributed by atoms with Crippen molar-refractivity contribution in [2.45, 2.75) is 32.5 Å². The van der Waals surface area contributed by atoms with Gasteiger partial charge in [-0.05, 0) is 44.0 Å². The minimum atomic E-state index is -4.30. The molecule has 0 unspecified atom stereocenters. The van der Waals surface area contributed by atoms with Crippen molar-refractivity contribution in [2.75, 3.05) is 53.0 Å². The van der Waals surface area contributed by atoms with Crippen LogP contribution in [0.3, 0.4) is 0 Å². The quantitative estimate of drug-likeness (QED) is 0.241. The fourth-order valence-electron chi connectivity index (χ4n) is 3.07. The summed E-state index contributed by atoms with van der Waals surface area (Å²) in [4.78, 5) is 9.01. The smallest absolute Gasteiger partial charge is 0.379 e. The Kier molecular flexibility index (Phi) is 11.9. The number of alkyl halides is 3. The predicted octanol–water partition coefficient (Wildman–Crippen LogP) is 3.83. The monoisotopic (exact) mass is 528 g/mol. The topological polar surface area (TPSA) is 40.1 Å². The number of rotatable bonds is 8. The Morgan fingerprint density at radius 2 is 1.83 bits per heavy atom. The number of halogens is 4. The lowest BCUT2D eigenvalue weighted by Crippen LogP contribution is -2.38. The molecule has 1 aromatic rings. The third kappa shape index (κ3) is 9.52. The number of ether oxygens (including phenoxy) is 1. The maximum atomic E-state index is 12.7. The standard InChI is InChI=1S/C20H31F3N4O.HI/c1-3-24-19(25-10-4-5-11-27-12-14-28-15-13-27)26(2)16-17-6-8-18(9-7-17)20(21,22)23;/h6-9H,3-5,10-16H2,1-2H3,(H,24,25);1H. The summed E-state index contributed by atoms with van der Waals surface area (Å²) in [6.45, 7) is 8.67. The van der Waals surface area contributed by atoms with E-state index in [0.29, 0.717) is 6.54 Å². The van der Waals surface area contributed by atoms with Crippen LogP contribution in [0.4, 0.5) is 13.2 Å². The molecule has 166 valence electrons. The van der Waals surface area contributed by atoms with Gasteiger partial charge in [-0.25, -0.2) is 0 Å². The fourth-order valence-corrected chi connectivity index (χ4v) is 3.07. The molecule has 29 heavy (non-hydrogen) atoms. The summed E-state index contributed by atoms with van der Waals surface area (Å²) in [6, 6.07) is 5.29. The number of guanidine groups is 1. The molecule has 0 radical (unpaired) electrons. The van der Waals surface area contributed by atoms with Gasteiger partial charge in [0, 0.05) is 39.8 Å². The van der Waals surface area contributed by atoms with Gasteiger partial charge in [0.05, 0.1) is 18.8 Å². The first kappa shape index (κ1) is 26.0. The molecule has 0 spiro atoms. The molecule has 9 heteroatoms. The van der Waals surface area contributed by atoms with Crippen molar-refractivity contribution in [3.8, 4) is 0 Å². The van der Waals surface area contributed by atoms with E-state index in [9.17, 15) is 13.2 Å². The van der Waals surface area contributed by atoms with Crippen molar-refractivity contribution in [2.24, 2.45) is 4.99 Å². The third-order valence-corrected chi connectivity index (χ3v) is 4.65. The molecule has 2 rings (SSSR count). The Morgan fingerprint density at radius 1 is 1.17 bits per heavy atom. The minimum absolute atomic E-state index is 0. The Bertz CT molecular complexity index is 605. The second kappa shape index (κ2) is 13.3. The average molecular weight is 528 g/mol. The van der Waals surface area contributed by atoms with Crippen molar-refractivity contribution in [3.05, 3.63) is 35.4 Å². The number of benzene rings is 1. The number of hydrogen-bond donors (Lipinski definition) is 1. The highest BCUT2D eigenvalue weighted by Gasteiger charge is 2.29. The molecule has 5 nitrogen and oxygen atoms in total. The highest BCUT2D eigenvalue weighted by Crippen LogP contribution is 2.29. The predicted molar refractivity (Wildman–Crippen MR) is 121 cm³/mol. The van der Waals surface area contributed by atoms with E-state index in [2.05, 4.69) is 15.2 Å². The van der Waals surface area contributed by atoms with Crippen LogP contribution in [-0.2, 0) is 17.5 Å². The fraction of sp³-hybridized carbons (Fsp3) is 0.650. The number of nitrogens with one attached hydrogen (secondary N) is 1. The molecule has 1 N–H and O–H groups in total. The first-order valence-corrected chi connectivity index (χ1v) is 9.86. The first-order chi connectivity index (χ1) is 13.4. The van der Waals surface area contributed by atoms with Gasteiger partial charge in [-0.1, -0.05) is 12.1 Å². The van der Waals surface area contributed by atoms with Gasteiger partial charge >= 0.3 is 6.18 Å². The van der Waals surface area contributed by atoms with E-state index in [1.807, 2.05) is 18.9 Å². The largest absolute Gasteiger partial charge is 0.416 e. The van der Waals surface area contributed by atoms with Gasteiger partial charge in [-0.3, -0.25) is 9.89 Å². The normalized spacial score (nSPS) is 15.7. The highest BCUT2D eigenvalue weighted by atomic mass is 127. The number of nitrogens with zero attached hydrogens (tertiary/aromatic N) is 3. The maximum absolute atomic E-state index is 12.7. The Labute approximate surface area is 188 Å². The van der Waals surface area contributed by atoms with E-state index in [1.165, 1.54) is 12.1 Å². The van der Waals surface area contributed by atoms with Gasteiger partial charge < -0.3 is 15.0 Å². The summed E-state index contributed by atoms with van der Waals surface area (Å²) < 4.78 is 43.4. The molecular weight excluding hydrogens is 496 g/mol. The van der Waals surface area contributed by atoms with Crippen LogP contribution in [-0.4, -0.2) is 68.7 Å². The highest BCUT2D eigenvalue weighted by molar-refractivity contribution is 14.0. The number of aliphatic imine (C=N–C) groups is 1. The molecular formula is C20H32F3IN4O. The zero-order valence-corrected chi connectivity index (χ0v) is 19.5. The molecule has 1 fully saturated rings. The summed E-state index contributed by atoms with van der Waals surface area (Å²) >= 11 is 0. The van der Waals surface area contributed by atoms with Crippen molar-refractivity contribution in [3.63, 3.8) is 0 Å². The molecule has 0 bridgehead atoms. The lowest BCUT2D eigenvalue weighted by molar-refractivity contribution is -0.137. The minimum Gasteiger partial charge on any atom is -0.379 e. The lowest BCUT2D eigenvalue weighted by atomic mass is 10.1. The van der Waals surface area contributed by atoms with E-state index >= 15 is 0 Å². The van der Waals surface area contributed by atoms with Crippen molar-refractivity contribution < 1.29 is 17.9 Å². The Morgan fingerprint density at radius 3 is 2.41 bits per heavy atom. The van der Waals surface area contributed by atoms with Crippen LogP contribution in [0.25, 0.3) is 0 Å². The van der Waals surface area contributed by atoms with Gasteiger partial charge in [-0.2, -0.15) is 13.2 Å². The van der Waals surface area contributed by atoms with Gasteiger partial charge in [0.1, 0.15) is 0 Å². The molecule has 0 saturated carbocycles. The molecule has 1 aliphatic heterocycles. The molecule has 1 saturated heterocycles. The summed E-state index contributed by atoms with van der Waals surface area (Å²) in [5.41, 5.74) is 0.188. The Hall–Kier alpha value is -1.07. The van der Waals surface area contributed by atoms with Gasteiger partial charge in [0.2, 0.25) is 0 Å². The van der Waals surface area contributed by atoms with Crippen LogP contribution < -0.4 is 5.32 Å². The summed E-state index contributed by atoms with van der Waals surface area (Å²) in [5, 5.41) is 3.25. The van der Waals surface area contributed by atoms with Gasteiger partial charge in [-0.15, -0.1) is 24.0 Å². The van der Waals surface area contributed by atoms with E-state index in [1.54, 1.807) is 0 Å². The third-order valence-electron chi connectivity index (χ3n) is 4.65. The summed E-state index contributed by atoms with van der Waals surface area (Å²) in [5.74, 6) is 0.772. The second-order valence-corrected chi connectivity index (χ2v) is 6.95. The second-order valence-electron chi connectivity index (χ2n) is 6.95. The van der Waals surface area contributed by atoms with E-state index in [0.717, 1.165) is 82.4 Å². The van der Waals surface area contributed by atoms with E-state index < -0.39 is 11.7 Å². The zero-order chi connectivity index (χ0) is 20.4. The SMILES string of the molecule is CCNC(=NCCCCN1CCOCC1)N(C)Cc1ccc(C(F)(F)F)cc1.I. The molecule has 1 heterocycles. The van der Waals surface area contributed by atoms with Gasteiger partial charge in [0.15, 0.2) is 5.96 Å². The number of morpholine rings is 1. The number of unbranched alkanes of at least 4 members (excludes halogenated alkanes) is 1. The Balaban J connectivity index is 0.00000420. The van der Waals surface area contributed by atoms with Crippen LogP contribution in [0.2, 0.25) is 0 Å². The van der Waals surface area contributed by atoms with E-state index in [4.69, 9.17) is 4.74 Å². The van der Waals surface area contributed by atoms with Crippen LogP contribution in [0.5, 0.6) is 0 Å². The van der Waals surface area contributed by atoms with Gasteiger partial charge in [0.25, 0.3) is 0 Å². The molecule has 0 atom stereocenters. The van der Waals surface area contributed by atoms with Crippen LogP contribution in [0, 0.1) is 0 Å². The van der Waals surface area contributed by atoms with Crippen LogP contribution in [0.1, 0.15) is 30.9 Å². The lowest BCUT2D eigenvalue weighted by Gasteiger charge is -2.26.